The molecule has 0 aromatic heterocycles. The molecular formula is C19H20N2O4S. The summed E-state index contributed by atoms with van der Waals surface area (Å²) in [7, 11) is 0. The van der Waals surface area contributed by atoms with Crippen molar-refractivity contribution in [2.75, 3.05) is 13.2 Å². The van der Waals surface area contributed by atoms with E-state index in [4.69, 9.17) is 4.74 Å². The summed E-state index contributed by atoms with van der Waals surface area (Å²) in [5, 5.41) is 14.2. The molecule has 0 saturated carbocycles. The van der Waals surface area contributed by atoms with Crippen LogP contribution in [-0.4, -0.2) is 30.1 Å². The van der Waals surface area contributed by atoms with Gasteiger partial charge in [-0.25, -0.2) is 0 Å². The summed E-state index contributed by atoms with van der Waals surface area (Å²) >= 11 is 1.31. The van der Waals surface area contributed by atoms with Gasteiger partial charge in [0, 0.05) is 29.7 Å². The Bertz CT molecular complexity index is 802. The molecule has 6 nitrogen and oxygen atoms in total. The lowest BCUT2D eigenvalue weighted by molar-refractivity contribution is -0.387. The zero-order chi connectivity index (χ0) is 18.5. The van der Waals surface area contributed by atoms with E-state index in [1.807, 2.05) is 31.2 Å². The molecule has 1 saturated heterocycles. The maximum atomic E-state index is 12.3. The van der Waals surface area contributed by atoms with Gasteiger partial charge < -0.3 is 10.1 Å². The number of carbonyl (C=O) groups excluding carboxylic acids is 1. The van der Waals surface area contributed by atoms with Crippen LogP contribution < -0.4 is 5.32 Å². The number of hydrogen-bond acceptors (Lipinski definition) is 5. The van der Waals surface area contributed by atoms with Gasteiger partial charge in [0.15, 0.2) is 0 Å². The summed E-state index contributed by atoms with van der Waals surface area (Å²) in [4.78, 5) is 24.7. The van der Waals surface area contributed by atoms with E-state index in [1.54, 1.807) is 12.1 Å². The molecule has 2 aromatic rings. The molecule has 136 valence electrons. The van der Waals surface area contributed by atoms with Crippen LogP contribution in [0.4, 0.5) is 5.69 Å². The van der Waals surface area contributed by atoms with Crippen molar-refractivity contribution in [2.24, 2.45) is 0 Å². The summed E-state index contributed by atoms with van der Waals surface area (Å²) in [5.41, 5.74) is 1.34. The molecule has 1 aliphatic rings. The average molecular weight is 372 g/mol. The van der Waals surface area contributed by atoms with E-state index < -0.39 is 4.92 Å². The van der Waals surface area contributed by atoms with E-state index in [1.165, 1.54) is 17.8 Å². The smallest absolute Gasteiger partial charge is 0.284 e. The fourth-order valence-electron chi connectivity index (χ4n) is 2.73. The predicted octanol–water partition coefficient (Wildman–Crippen LogP) is 3.96. The summed E-state index contributed by atoms with van der Waals surface area (Å²) < 4.78 is 5.47. The normalized spacial score (nSPS) is 16.4. The Hall–Kier alpha value is -2.38. The number of ether oxygens (including phenoxy) is 1. The third kappa shape index (κ3) is 4.62. The van der Waals surface area contributed by atoms with Crippen LogP contribution >= 0.6 is 11.8 Å². The molecular weight excluding hydrogens is 352 g/mol. The lowest BCUT2D eigenvalue weighted by atomic mass is 10.2. The first kappa shape index (κ1) is 18.4. The minimum absolute atomic E-state index is 0.0327. The summed E-state index contributed by atoms with van der Waals surface area (Å²) in [5.74, 6) is -0.324. The molecule has 1 N–H and O–H groups in total. The van der Waals surface area contributed by atoms with Gasteiger partial charge in [0.05, 0.1) is 15.9 Å². The number of carbonyl (C=O) groups is 1. The van der Waals surface area contributed by atoms with Crippen molar-refractivity contribution >= 4 is 23.4 Å². The van der Waals surface area contributed by atoms with Gasteiger partial charge in [-0.15, -0.1) is 0 Å². The molecule has 0 radical (unpaired) electrons. The minimum atomic E-state index is -0.451. The van der Waals surface area contributed by atoms with Crippen LogP contribution in [0.2, 0.25) is 0 Å². The van der Waals surface area contributed by atoms with Crippen LogP contribution in [0.25, 0.3) is 0 Å². The van der Waals surface area contributed by atoms with Crippen LogP contribution in [0.15, 0.2) is 52.3 Å². The van der Waals surface area contributed by atoms with Crippen LogP contribution in [-0.2, 0) is 4.74 Å². The Morgan fingerprint density at radius 3 is 2.73 bits per heavy atom. The minimum Gasteiger partial charge on any atom is -0.376 e. The lowest BCUT2D eigenvalue weighted by Gasteiger charge is -2.11. The molecule has 1 aliphatic heterocycles. The van der Waals surface area contributed by atoms with Gasteiger partial charge in [-0.05, 0) is 44.0 Å². The van der Waals surface area contributed by atoms with E-state index >= 15 is 0 Å². The van der Waals surface area contributed by atoms with Crippen LogP contribution in [0.1, 0.15) is 28.8 Å². The number of aryl methyl sites for hydroxylation is 1. The second kappa shape index (κ2) is 8.33. The maximum absolute atomic E-state index is 12.3. The first-order chi connectivity index (χ1) is 12.5. The van der Waals surface area contributed by atoms with Crippen LogP contribution in [0.3, 0.4) is 0 Å². The van der Waals surface area contributed by atoms with Crippen molar-refractivity contribution < 1.29 is 14.5 Å². The standard InChI is InChI=1S/C19H20N2O4S/c1-13-4-7-16(8-5-13)26-18-9-6-14(11-17(18)21(23)24)19(22)20-12-15-3-2-10-25-15/h4-9,11,15H,2-3,10,12H2,1H3,(H,20,22). The largest absolute Gasteiger partial charge is 0.376 e. The fourth-order valence-corrected chi connectivity index (χ4v) is 3.64. The number of nitro benzene ring substituents is 1. The van der Waals surface area contributed by atoms with Gasteiger partial charge in [0.2, 0.25) is 0 Å². The molecule has 2 aromatic carbocycles. The molecule has 0 aliphatic carbocycles. The van der Waals surface area contributed by atoms with Crippen molar-refractivity contribution in [1.82, 2.24) is 5.32 Å². The second-order valence-electron chi connectivity index (χ2n) is 6.20. The van der Waals surface area contributed by atoms with Crippen molar-refractivity contribution in [3.63, 3.8) is 0 Å². The average Bonchev–Trinajstić information content (AvgIpc) is 3.15. The van der Waals surface area contributed by atoms with E-state index in [2.05, 4.69) is 5.32 Å². The highest BCUT2D eigenvalue weighted by molar-refractivity contribution is 7.99. The van der Waals surface area contributed by atoms with Gasteiger partial charge in [0.1, 0.15) is 0 Å². The van der Waals surface area contributed by atoms with Gasteiger partial charge in [0.25, 0.3) is 11.6 Å². The van der Waals surface area contributed by atoms with Gasteiger partial charge >= 0.3 is 0 Å². The molecule has 0 bridgehead atoms. The first-order valence-electron chi connectivity index (χ1n) is 8.45. The van der Waals surface area contributed by atoms with Crippen LogP contribution in [0, 0.1) is 17.0 Å². The Morgan fingerprint density at radius 2 is 2.08 bits per heavy atom. The highest BCUT2D eigenvalue weighted by Crippen LogP contribution is 2.35. The molecule has 3 rings (SSSR count). The van der Waals surface area contributed by atoms with Crippen molar-refractivity contribution in [3.05, 3.63) is 63.7 Å². The zero-order valence-electron chi connectivity index (χ0n) is 14.4. The number of nitro groups is 1. The van der Waals surface area contributed by atoms with Crippen LogP contribution in [0.5, 0.6) is 0 Å². The third-order valence-electron chi connectivity index (χ3n) is 4.18. The van der Waals surface area contributed by atoms with Gasteiger partial charge in [-0.2, -0.15) is 0 Å². The van der Waals surface area contributed by atoms with Crippen molar-refractivity contribution in [3.8, 4) is 0 Å². The quantitative estimate of drug-likeness (QED) is 0.613. The summed E-state index contributed by atoms with van der Waals surface area (Å²) in [6.07, 6.45) is 1.95. The molecule has 1 heterocycles. The van der Waals surface area contributed by atoms with Gasteiger partial charge in [-0.3, -0.25) is 14.9 Å². The van der Waals surface area contributed by atoms with Crippen molar-refractivity contribution in [2.45, 2.75) is 35.7 Å². The van der Waals surface area contributed by atoms with E-state index in [-0.39, 0.29) is 23.3 Å². The Balaban J connectivity index is 1.74. The lowest BCUT2D eigenvalue weighted by Crippen LogP contribution is -2.31. The molecule has 1 unspecified atom stereocenters. The fraction of sp³-hybridized carbons (Fsp3) is 0.316. The molecule has 1 atom stereocenters. The Labute approximate surface area is 156 Å². The number of amides is 1. The van der Waals surface area contributed by atoms with Crippen molar-refractivity contribution in [1.29, 1.82) is 0 Å². The Morgan fingerprint density at radius 1 is 1.31 bits per heavy atom. The number of rotatable bonds is 6. The monoisotopic (exact) mass is 372 g/mol. The predicted molar refractivity (Wildman–Crippen MR) is 99.7 cm³/mol. The van der Waals surface area contributed by atoms with Gasteiger partial charge in [-0.1, -0.05) is 29.5 Å². The van der Waals surface area contributed by atoms with E-state index in [9.17, 15) is 14.9 Å². The second-order valence-corrected chi connectivity index (χ2v) is 7.32. The molecule has 0 spiro atoms. The van der Waals surface area contributed by atoms with E-state index in [0.717, 1.165) is 29.9 Å². The molecule has 26 heavy (non-hydrogen) atoms. The SMILES string of the molecule is Cc1ccc(Sc2ccc(C(=O)NCC3CCCO3)cc2[N+](=O)[O-])cc1. The first-order valence-corrected chi connectivity index (χ1v) is 9.27. The highest BCUT2D eigenvalue weighted by Gasteiger charge is 2.20. The third-order valence-corrected chi connectivity index (χ3v) is 5.25. The maximum Gasteiger partial charge on any atom is 0.284 e. The summed E-state index contributed by atoms with van der Waals surface area (Å²) in [6, 6.07) is 12.3. The topological polar surface area (TPSA) is 81.5 Å². The molecule has 1 amide bonds. The number of benzene rings is 2. The summed E-state index contributed by atoms with van der Waals surface area (Å²) in [6.45, 7) is 3.13. The zero-order valence-corrected chi connectivity index (χ0v) is 15.3. The van der Waals surface area contributed by atoms with E-state index in [0.29, 0.717) is 11.4 Å². The highest BCUT2D eigenvalue weighted by atomic mass is 32.2. The molecule has 1 fully saturated rings. The number of nitrogens with one attached hydrogen (secondary N) is 1. The number of nitrogens with zero attached hydrogens (tertiary/aromatic N) is 1. The number of hydrogen-bond donors (Lipinski definition) is 1. The molecule has 7 heteroatoms. The Kier molecular flexibility index (Phi) is 5.90.